The highest BCUT2D eigenvalue weighted by Crippen LogP contribution is 2.15. The molecule has 140 valence electrons. The lowest BCUT2D eigenvalue weighted by Crippen LogP contribution is -2.35. The molecule has 3 rings (SSSR count). The van der Waals surface area contributed by atoms with E-state index in [2.05, 4.69) is 52.8 Å². The molecule has 1 fully saturated rings. The summed E-state index contributed by atoms with van der Waals surface area (Å²) in [5, 5.41) is 8.20. The van der Waals surface area contributed by atoms with Crippen molar-refractivity contribution in [1.29, 1.82) is 0 Å². The molecule has 6 nitrogen and oxygen atoms in total. The number of piperidine rings is 1. The molecule has 26 heavy (non-hydrogen) atoms. The minimum atomic E-state index is 0.0122. The number of carbonyl (C=O) groups is 1. The van der Waals surface area contributed by atoms with Crippen molar-refractivity contribution < 1.29 is 4.79 Å². The summed E-state index contributed by atoms with van der Waals surface area (Å²) in [7, 11) is 2.10. The Morgan fingerprint density at radius 3 is 2.62 bits per heavy atom. The van der Waals surface area contributed by atoms with Crippen LogP contribution in [0.3, 0.4) is 0 Å². The van der Waals surface area contributed by atoms with Crippen LogP contribution in [0.1, 0.15) is 35.3 Å². The highest BCUT2D eigenvalue weighted by atomic mass is 32.2. The smallest absolute Gasteiger partial charge is 0.276 e. The van der Waals surface area contributed by atoms with Crippen molar-refractivity contribution in [2.75, 3.05) is 32.9 Å². The van der Waals surface area contributed by atoms with Gasteiger partial charge in [-0.15, -0.1) is 16.9 Å². The summed E-state index contributed by atoms with van der Waals surface area (Å²) in [5.41, 5.74) is 1.76. The lowest BCUT2D eigenvalue weighted by atomic mass is 10.1. The van der Waals surface area contributed by atoms with Crippen molar-refractivity contribution >= 4 is 17.7 Å². The summed E-state index contributed by atoms with van der Waals surface area (Å²) < 4.78 is 1.77. The molecule has 0 saturated carbocycles. The van der Waals surface area contributed by atoms with Crippen LogP contribution in [-0.2, 0) is 13.1 Å². The van der Waals surface area contributed by atoms with Gasteiger partial charge in [-0.2, -0.15) is 0 Å². The lowest BCUT2D eigenvalue weighted by molar-refractivity contribution is 0.0718. The summed E-state index contributed by atoms with van der Waals surface area (Å²) in [6.07, 6.45) is 7.25. The van der Waals surface area contributed by atoms with Crippen LogP contribution in [0.25, 0.3) is 0 Å². The van der Waals surface area contributed by atoms with Gasteiger partial charge < -0.3 is 9.80 Å². The molecule has 7 heteroatoms. The van der Waals surface area contributed by atoms with Crippen LogP contribution in [0.4, 0.5) is 0 Å². The van der Waals surface area contributed by atoms with Gasteiger partial charge in [0.2, 0.25) is 0 Å². The van der Waals surface area contributed by atoms with Crippen LogP contribution >= 0.6 is 11.8 Å². The molecule has 0 N–H and O–H groups in total. The molecule has 0 radical (unpaired) electrons. The number of hydrogen-bond donors (Lipinski definition) is 0. The number of amides is 1. The van der Waals surface area contributed by atoms with Gasteiger partial charge in [0.05, 0.1) is 12.7 Å². The first-order valence-electron chi connectivity index (χ1n) is 9.16. The van der Waals surface area contributed by atoms with Crippen molar-refractivity contribution in [1.82, 2.24) is 24.8 Å². The number of benzene rings is 1. The van der Waals surface area contributed by atoms with E-state index < -0.39 is 0 Å². The molecule has 0 spiro atoms. The Hall–Kier alpha value is -1.86. The third-order valence-electron chi connectivity index (χ3n) is 4.72. The maximum atomic E-state index is 12.4. The number of carbonyl (C=O) groups excluding carboxylic acids is 1. The Bertz CT molecular complexity index is 709. The van der Waals surface area contributed by atoms with Gasteiger partial charge >= 0.3 is 0 Å². The Kier molecular flexibility index (Phi) is 6.68. The van der Waals surface area contributed by atoms with E-state index in [0.29, 0.717) is 5.69 Å². The zero-order chi connectivity index (χ0) is 18.4. The minimum Gasteiger partial charge on any atom is -0.337 e. The Morgan fingerprint density at radius 1 is 1.19 bits per heavy atom. The van der Waals surface area contributed by atoms with Crippen LogP contribution in [0.5, 0.6) is 0 Å². The first kappa shape index (κ1) is 18.9. The van der Waals surface area contributed by atoms with Gasteiger partial charge in [-0.1, -0.05) is 17.3 Å². The fourth-order valence-corrected chi connectivity index (χ4v) is 3.57. The molecule has 0 atom stereocenters. The fourth-order valence-electron chi connectivity index (χ4n) is 3.16. The first-order valence-corrected chi connectivity index (χ1v) is 10.4. The Morgan fingerprint density at radius 2 is 1.92 bits per heavy atom. The van der Waals surface area contributed by atoms with E-state index >= 15 is 0 Å². The van der Waals surface area contributed by atoms with Gasteiger partial charge in [-0.25, -0.2) is 0 Å². The second kappa shape index (κ2) is 9.19. The average Bonchev–Trinajstić information content (AvgIpc) is 3.16. The van der Waals surface area contributed by atoms with E-state index in [-0.39, 0.29) is 5.91 Å². The van der Waals surface area contributed by atoms with Crippen molar-refractivity contribution in [2.24, 2.45) is 0 Å². The van der Waals surface area contributed by atoms with E-state index in [1.54, 1.807) is 22.6 Å². The van der Waals surface area contributed by atoms with Crippen LogP contribution < -0.4 is 0 Å². The summed E-state index contributed by atoms with van der Waals surface area (Å²) in [5.74, 6) is 0.0122. The van der Waals surface area contributed by atoms with Gasteiger partial charge in [0.1, 0.15) is 0 Å². The number of rotatable bonds is 7. The van der Waals surface area contributed by atoms with E-state index in [1.165, 1.54) is 16.9 Å². The summed E-state index contributed by atoms with van der Waals surface area (Å²) >= 11 is 1.76. The molecule has 2 aromatic rings. The molecule has 1 aliphatic rings. The summed E-state index contributed by atoms with van der Waals surface area (Å²) in [6, 6.07) is 8.66. The lowest BCUT2D eigenvalue weighted by Gasteiger charge is -2.25. The number of nitrogens with zero attached hydrogens (tertiary/aromatic N) is 5. The molecule has 0 unspecified atom stereocenters. The minimum absolute atomic E-state index is 0.0122. The van der Waals surface area contributed by atoms with Crippen molar-refractivity contribution in [3.63, 3.8) is 0 Å². The highest BCUT2D eigenvalue weighted by Gasteiger charge is 2.20. The maximum absolute atomic E-state index is 12.4. The third kappa shape index (κ3) is 5.08. The van der Waals surface area contributed by atoms with E-state index in [4.69, 9.17) is 0 Å². The van der Waals surface area contributed by atoms with Crippen LogP contribution in [-0.4, -0.2) is 63.6 Å². The first-order chi connectivity index (χ1) is 12.7. The molecule has 1 aromatic carbocycles. The molecular weight excluding hydrogens is 346 g/mol. The molecular formula is C19H27N5OS. The fraction of sp³-hybridized carbons (Fsp3) is 0.526. The van der Waals surface area contributed by atoms with E-state index in [0.717, 1.165) is 45.6 Å². The standard InChI is InChI=1S/C19H27N5OS/c1-22(14-16-6-8-17(26-2)9-7-16)12-13-24-15-18(20-21-24)19(25)23-10-4-3-5-11-23/h6-9,15H,3-5,10-14H2,1-2H3. The van der Waals surface area contributed by atoms with E-state index in [1.807, 2.05) is 4.90 Å². The van der Waals surface area contributed by atoms with Crippen molar-refractivity contribution in [3.8, 4) is 0 Å². The highest BCUT2D eigenvalue weighted by molar-refractivity contribution is 7.98. The predicted molar refractivity (Wildman–Crippen MR) is 104 cm³/mol. The van der Waals surface area contributed by atoms with Crippen molar-refractivity contribution in [2.45, 2.75) is 37.2 Å². The average molecular weight is 374 g/mol. The molecule has 1 amide bonds. The Labute approximate surface area is 159 Å². The number of aromatic nitrogens is 3. The van der Waals surface area contributed by atoms with Gasteiger partial charge in [0, 0.05) is 31.1 Å². The van der Waals surface area contributed by atoms with Gasteiger partial charge in [-0.05, 0) is 50.3 Å². The number of likely N-dealkylation sites (N-methyl/N-ethyl adjacent to an activating group) is 1. The van der Waals surface area contributed by atoms with Crippen LogP contribution in [0, 0.1) is 0 Å². The normalized spacial score (nSPS) is 14.8. The quantitative estimate of drug-likeness (QED) is 0.699. The van der Waals surface area contributed by atoms with E-state index in [9.17, 15) is 4.79 Å². The van der Waals surface area contributed by atoms with Crippen LogP contribution in [0.2, 0.25) is 0 Å². The predicted octanol–water partition coefficient (Wildman–Crippen LogP) is 2.76. The molecule has 1 aromatic heterocycles. The summed E-state index contributed by atoms with van der Waals surface area (Å²) in [6.45, 7) is 4.14. The number of hydrogen-bond acceptors (Lipinski definition) is 5. The second-order valence-electron chi connectivity index (χ2n) is 6.81. The third-order valence-corrected chi connectivity index (χ3v) is 5.47. The van der Waals surface area contributed by atoms with Crippen LogP contribution in [0.15, 0.2) is 35.4 Å². The van der Waals surface area contributed by atoms with Gasteiger partial charge in [-0.3, -0.25) is 9.48 Å². The second-order valence-corrected chi connectivity index (χ2v) is 7.69. The monoisotopic (exact) mass is 373 g/mol. The van der Waals surface area contributed by atoms with Gasteiger partial charge in [0.15, 0.2) is 5.69 Å². The Balaban J connectivity index is 1.48. The molecule has 1 aliphatic heterocycles. The molecule has 2 heterocycles. The SMILES string of the molecule is CSc1ccc(CN(C)CCn2cc(C(=O)N3CCCCC3)nn2)cc1. The molecule has 0 aliphatic carbocycles. The largest absolute Gasteiger partial charge is 0.337 e. The zero-order valence-electron chi connectivity index (χ0n) is 15.6. The number of likely N-dealkylation sites (tertiary alicyclic amines) is 1. The zero-order valence-corrected chi connectivity index (χ0v) is 16.4. The topological polar surface area (TPSA) is 54.3 Å². The summed E-state index contributed by atoms with van der Waals surface area (Å²) in [4.78, 5) is 17.9. The number of thioether (sulfide) groups is 1. The molecule has 0 bridgehead atoms. The van der Waals surface area contributed by atoms with Crippen molar-refractivity contribution in [3.05, 3.63) is 41.7 Å². The maximum Gasteiger partial charge on any atom is 0.276 e. The molecule has 1 saturated heterocycles. The van der Waals surface area contributed by atoms with Gasteiger partial charge in [0.25, 0.3) is 5.91 Å².